The number of aliphatic hydroxyl groups excluding tert-OH is 1. The van der Waals surface area contributed by atoms with Crippen LogP contribution in [0.2, 0.25) is 0 Å². The summed E-state index contributed by atoms with van der Waals surface area (Å²) in [6, 6.07) is 10.6. The van der Waals surface area contributed by atoms with Crippen LogP contribution in [0.25, 0.3) is 16.7 Å². The molecule has 2 aliphatic carbocycles. The monoisotopic (exact) mass is 432 g/mol. The van der Waals surface area contributed by atoms with E-state index in [1.54, 1.807) is 10.9 Å². The van der Waals surface area contributed by atoms with Gasteiger partial charge in [0.1, 0.15) is 17.8 Å². The van der Waals surface area contributed by atoms with E-state index in [1.807, 2.05) is 24.0 Å². The van der Waals surface area contributed by atoms with Gasteiger partial charge in [0.2, 0.25) is 0 Å². The number of hydrogen-bond donors (Lipinski definition) is 1. The molecule has 3 aromatic rings. The number of halogens is 1. The van der Waals surface area contributed by atoms with Crippen molar-refractivity contribution in [2.24, 2.45) is 5.41 Å². The lowest BCUT2D eigenvalue weighted by Crippen LogP contribution is -2.45. The first kappa shape index (κ1) is 19.6. The number of anilines is 1. The van der Waals surface area contributed by atoms with Crippen LogP contribution in [0.4, 0.5) is 10.2 Å². The van der Waals surface area contributed by atoms with Crippen LogP contribution < -0.4 is 4.90 Å². The maximum Gasteiger partial charge on any atom is 0.159 e. The zero-order chi connectivity index (χ0) is 22.1. The van der Waals surface area contributed by atoms with E-state index >= 15 is 0 Å². The SMILES string of the molecule is Cc1nc(N2CC[C@H](O)[C@H](F)C2)cc(-n2ncc3ccc(C4(C#N)CC5(CC5)C4)cc32)n1. The molecule has 2 atom stereocenters. The third kappa shape index (κ3) is 2.99. The number of nitrogens with zero attached hydrogens (tertiary/aromatic N) is 6. The number of alkyl halides is 1. The lowest BCUT2D eigenvalue weighted by Gasteiger charge is -2.44. The number of aromatic nitrogens is 4. The molecule has 0 amide bonds. The van der Waals surface area contributed by atoms with Crippen LogP contribution >= 0.6 is 0 Å². The molecule has 1 spiro atoms. The van der Waals surface area contributed by atoms with E-state index in [1.165, 1.54) is 12.8 Å². The molecule has 32 heavy (non-hydrogen) atoms. The summed E-state index contributed by atoms with van der Waals surface area (Å²) in [5.41, 5.74) is 1.95. The van der Waals surface area contributed by atoms with Gasteiger partial charge in [-0.1, -0.05) is 12.1 Å². The number of aryl methyl sites for hydroxylation is 1. The second kappa shape index (κ2) is 6.72. The van der Waals surface area contributed by atoms with Crippen molar-refractivity contribution in [1.82, 2.24) is 19.7 Å². The zero-order valence-corrected chi connectivity index (χ0v) is 18.0. The Morgan fingerprint density at radius 1 is 1.19 bits per heavy atom. The van der Waals surface area contributed by atoms with E-state index in [2.05, 4.69) is 33.3 Å². The quantitative estimate of drug-likeness (QED) is 0.682. The molecular weight excluding hydrogens is 407 g/mol. The van der Waals surface area contributed by atoms with E-state index in [4.69, 9.17) is 0 Å². The number of benzene rings is 1. The van der Waals surface area contributed by atoms with E-state index in [9.17, 15) is 14.8 Å². The van der Waals surface area contributed by atoms with Crippen molar-refractivity contribution in [3.8, 4) is 11.9 Å². The lowest BCUT2D eigenvalue weighted by molar-refractivity contribution is 0.0613. The van der Waals surface area contributed by atoms with E-state index in [0.29, 0.717) is 35.8 Å². The van der Waals surface area contributed by atoms with E-state index < -0.39 is 17.7 Å². The number of hydrogen-bond acceptors (Lipinski definition) is 6. The third-order valence-electron chi connectivity index (χ3n) is 7.51. The summed E-state index contributed by atoms with van der Waals surface area (Å²) in [6.45, 7) is 2.45. The van der Waals surface area contributed by atoms with Crippen molar-refractivity contribution in [2.75, 3.05) is 18.0 Å². The Morgan fingerprint density at radius 3 is 2.69 bits per heavy atom. The largest absolute Gasteiger partial charge is 0.390 e. The van der Waals surface area contributed by atoms with Crippen molar-refractivity contribution in [2.45, 2.75) is 56.7 Å². The Balaban J connectivity index is 1.38. The molecule has 8 heteroatoms. The molecule has 3 heterocycles. The zero-order valence-electron chi connectivity index (χ0n) is 18.0. The van der Waals surface area contributed by atoms with Gasteiger partial charge in [0.25, 0.3) is 0 Å². The molecule has 0 radical (unpaired) electrons. The van der Waals surface area contributed by atoms with Gasteiger partial charge < -0.3 is 10.0 Å². The molecule has 0 unspecified atom stereocenters. The minimum atomic E-state index is -1.30. The van der Waals surface area contributed by atoms with Crippen molar-refractivity contribution in [3.05, 3.63) is 41.9 Å². The van der Waals surface area contributed by atoms with E-state index in [-0.39, 0.29) is 6.54 Å². The Labute approximate surface area is 185 Å². The van der Waals surface area contributed by atoms with Crippen LogP contribution in [0.15, 0.2) is 30.5 Å². The van der Waals surface area contributed by atoms with Gasteiger partial charge in [0.05, 0.1) is 35.8 Å². The maximum atomic E-state index is 14.1. The smallest absolute Gasteiger partial charge is 0.159 e. The highest BCUT2D eigenvalue weighted by atomic mass is 19.1. The molecule has 3 aliphatic rings. The number of rotatable bonds is 3. The van der Waals surface area contributed by atoms with Gasteiger partial charge in [-0.05, 0) is 56.1 Å². The van der Waals surface area contributed by atoms with Crippen LogP contribution in [0.1, 0.15) is 43.5 Å². The first-order valence-corrected chi connectivity index (χ1v) is 11.2. The number of nitriles is 1. The van der Waals surface area contributed by atoms with Gasteiger partial charge in [-0.15, -0.1) is 0 Å². The predicted molar refractivity (Wildman–Crippen MR) is 117 cm³/mol. The average molecular weight is 433 g/mol. The number of aliphatic hydroxyl groups is 1. The average Bonchev–Trinajstić information content (AvgIpc) is 3.44. The molecule has 1 saturated heterocycles. The highest BCUT2D eigenvalue weighted by Gasteiger charge is 2.61. The van der Waals surface area contributed by atoms with Crippen molar-refractivity contribution in [1.29, 1.82) is 5.26 Å². The Kier molecular flexibility index (Phi) is 4.12. The van der Waals surface area contributed by atoms with Crippen molar-refractivity contribution >= 4 is 16.7 Å². The first-order valence-electron chi connectivity index (χ1n) is 11.2. The number of fused-ring (bicyclic) bond motifs is 1. The van der Waals surface area contributed by atoms with Gasteiger partial charge in [-0.2, -0.15) is 10.4 Å². The van der Waals surface area contributed by atoms with Crippen LogP contribution in [0.3, 0.4) is 0 Å². The molecule has 164 valence electrons. The van der Waals surface area contributed by atoms with Gasteiger partial charge in [0, 0.05) is 18.0 Å². The van der Waals surface area contributed by atoms with Gasteiger partial charge >= 0.3 is 0 Å². The lowest BCUT2D eigenvalue weighted by atomic mass is 9.57. The van der Waals surface area contributed by atoms with Crippen LogP contribution in [0.5, 0.6) is 0 Å². The summed E-state index contributed by atoms with van der Waals surface area (Å²) in [5.74, 6) is 1.81. The molecule has 2 aromatic heterocycles. The minimum Gasteiger partial charge on any atom is -0.390 e. The second-order valence-corrected chi connectivity index (χ2v) is 9.83. The molecule has 6 rings (SSSR count). The highest BCUT2D eigenvalue weighted by molar-refractivity contribution is 5.81. The number of piperidine rings is 1. The van der Waals surface area contributed by atoms with Crippen LogP contribution in [-0.2, 0) is 5.41 Å². The summed E-state index contributed by atoms with van der Waals surface area (Å²) in [6.07, 6.45) is 4.32. The standard InChI is InChI=1S/C24H25FN6O/c1-15-28-21(30-7-4-20(32)18(25)11-30)9-22(29-15)31-19-8-17(3-2-16(19)10-27-31)24(14-26)12-23(13-24)5-6-23/h2-3,8-10,18,20,32H,4-7,11-13H2,1H3/t18-,20+/m1/s1. The third-order valence-corrected chi connectivity index (χ3v) is 7.51. The second-order valence-electron chi connectivity index (χ2n) is 9.83. The summed E-state index contributed by atoms with van der Waals surface area (Å²) in [4.78, 5) is 10.9. The molecule has 1 aromatic carbocycles. The summed E-state index contributed by atoms with van der Waals surface area (Å²) in [5, 5.41) is 25.2. The Hall–Kier alpha value is -3.05. The van der Waals surface area contributed by atoms with Crippen molar-refractivity contribution < 1.29 is 9.50 Å². The maximum absolute atomic E-state index is 14.1. The molecular formula is C24H25FN6O. The van der Waals surface area contributed by atoms with Gasteiger partial charge in [-0.3, -0.25) is 0 Å². The summed E-state index contributed by atoms with van der Waals surface area (Å²) >= 11 is 0. The molecule has 0 bridgehead atoms. The van der Waals surface area contributed by atoms with Crippen LogP contribution in [0, 0.1) is 23.7 Å². The molecule has 3 fully saturated rings. The topological polar surface area (TPSA) is 90.9 Å². The fraction of sp³-hybridized carbons (Fsp3) is 0.500. The van der Waals surface area contributed by atoms with E-state index in [0.717, 1.165) is 29.3 Å². The molecule has 7 nitrogen and oxygen atoms in total. The predicted octanol–water partition coefficient (Wildman–Crippen LogP) is 3.37. The molecule has 1 aliphatic heterocycles. The fourth-order valence-corrected chi connectivity index (χ4v) is 5.51. The first-order chi connectivity index (χ1) is 15.4. The van der Waals surface area contributed by atoms with Gasteiger partial charge in [0.15, 0.2) is 5.82 Å². The highest BCUT2D eigenvalue weighted by Crippen LogP contribution is 2.68. The van der Waals surface area contributed by atoms with Gasteiger partial charge in [-0.25, -0.2) is 19.0 Å². The normalized spacial score (nSPS) is 25.5. The fourth-order valence-electron chi connectivity index (χ4n) is 5.51. The minimum absolute atomic E-state index is 0.105. The Morgan fingerprint density at radius 2 is 1.97 bits per heavy atom. The summed E-state index contributed by atoms with van der Waals surface area (Å²) < 4.78 is 15.9. The Bertz CT molecular complexity index is 1250. The molecule has 2 saturated carbocycles. The van der Waals surface area contributed by atoms with Crippen LogP contribution in [-0.4, -0.2) is 50.2 Å². The van der Waals surface area contributed by atoms with Crippen molar-refractivity contribution in [3.63, 3.8) is 0 Å². The summed E-state index contributed by atoms with van der Waals surface area (Å²) in [7, 11) is 0. The molecule has 1 N–H and O–H groups in total.